The highest BCUT2D eigenvalue weighted by Crippen LogP contribution is 2.53. The minimum absolute atomic E-state index is 0.174. The van der Waals surface area contributed by atoms with E-state index in [1.54, 1.807) is 13.8 Å². The number of ether oxygens (including phenoxy) is 2. The number of rotatable bonds is 13. The van der Waals surface area contributed by atoms with Crippen molar-refractivity contribution in [3.8, 4) is 0 Å². The first-order valence-electron chi connectivity index (χ1n) is 7.72. The summed E-state index contributed by atoms with van der Waals surface area (Å²) in [7, 11) is -3.67. The van der Waals surface area contributed by atoms with Gasteiger partial charge in [-0.1, -0.05) is 26.7 Å². The van der Waals surface area contributed by atoms with Gasteiger partial charge in [0.15, 0.2) is 0 Å². The van der Waals surface area contributed by atoms with Gasteiger partial charge in [-0.25, -0.2) is 4.79 Å². The zero-order valence-corrected chi connectivity index (χ0v) is 14.5. The highest BCUT2D eigenvalue weighted by molar-refractivity contribution is 7.55. The average Bonchev–Trinajstić information content (AvgIpc) is 2.44. The lowest BCUT2D eigenvalue weighted by Gasteiger charge is -2.24. The van der Waals surface area contributed by atoms with E-state index in [9.17, 15) is 9.36 Å². The second kappa shape index (κ2) is 12.2. The van der Waals surface area contributed by atoms with E-state index in [-0.39, 0.29) is 19.8 Å². The molecule has 0 aromatic rings. The molecule has 0 rings (SSSR count). The lowest BCUT2D eigenvalue weighted by Crippen LogP contribution is -2.29. The fourth-order valence-electron chi connectivity index (χ4n) is 1.55. The summed E-state index contributed by atoms with van der Waals surface area (Å²) in [5.74, 6) is -1.98. The Labute approximate surface area is 128 Å². The Morgan fingerprint density at radius 1 is 0.952 bits per heavy atom. The number of esters is 1. The maximum absolute atomic E-state index is 12.7. The number of carbonyl (C=O) groups excluding carboxylic acids is 1. The fourth-order valence-corrected chi connectivity index (χ4v) is 3.23. The van der Waals surface area contributed by atoms with Crippen LogP contribution in [0.4, 0.5) is 0 Å². The van der Waals surface area contributed by atoms with Crippen LogP contribution in [0.15, 0.2) is 0 Å². The molecule has 0 aliphatic heterocycles. The summed E-state index contributed by atoms with van der Waals surface area (Å²) in [6, 6.07) is 0. The van der Waals surface area contributed by atoms with E-state index in [4.69, 9.17) is 18.5 Å². The fraction of sp³-hybridized carbons (Fsp3) is 0.929. The van der Waals surface area contributed by atoms with Crippen molar-refractivity contribution in [1.29, 1.82) is 0 Å². The first-order valence-corrected chi connectivity index (χ1v) is 9.33. The first kappa shape index (κ1) is 20.6. The predicted octanol–water partition coefficient (Wildman–Crippen LogP) is 3.74. The highest BCUT2D eigenvalue weighted by atomic mass is 31.2. The predicted molar refractivity (Wildman–Crippen MR) is 81.4 cm³/mol. The maximum Gasteiger partial charge on any atom is 0.370 e. The third-order valence-electron chi connectivity index (χ3n) is 2.62. The first-order chi connectivity index (χ1) is 10.1. The molecule has 0 fully saturated rings. The second-order valence-corrected chi connectivity index (χ2v) is 6.54. The van der Waals surface area contributed by atoms with E-state index in [1.165, 1.54) is 0 Å². The molecule has 0 N–H and O–H groups in total. The molecule has 0 amide bonds. The molecule has 0 bridgehead atoms. The molecule has 6 nitrogen and oxygen atoms in total. The largest absolute Gasteiger partial charge is 0.463 e. The molecular weight excluding hydrogens is 295 g/mol. The summed E-state index contributed by atoms with van der Waals surface area (Å²) in [4.78, 5) is 12.1. The molecular formula is C14H29O6P. The Kier molecular flexibility index (Phi) is 11.9. The SMILES string of the molecule is CCCCOC(=O)C(OCCCC)P(=O)(OCC)OCC. The second-order valence-electron chi connectivity index (χ2n) is 4.47. The summed E-state index contributed by atoms with van der Waals surface area (Å²) < 4.78 is 33.7. The zero-order valence-electron chi connectivity index (χ0n) is 13.6. The number of carbonyl (C=O) groups is 1. The number of unbranched alkanes of at least 4 members (excludes halogenated alkanes) is 2. The van der Waals surface area contributed by atoms with Crippen molar-refractivity contribution < 1.29 is 27.9 Å². The van der Waals surface area contributed by atoms with Gasteiger partial charge in [-0.3, -0.25) is 4.57 Å². The monoisotopic (exact) mass is 324 g/mol. The van der Waals surface area contributed by atoms with E-state index in [1.807, 2.05) is 13.8 Å². The van der Waals surface area contributed by atoms with Gasteiger partial charge in [-0.15, -0.1) is 0 Å². The third kappa shape index (κ3) is 7.96. The Balaban J connectivity index is 4.89. The van der Waals surface area contributed by atoms with Crippen molar-refractivity contribution in [2.45, 2.75) is 59.2 Å². The van der Waals surface area contributed by atoms with Crippen molar-refractivity contribution in [3.63, 3.8) is 0 Å². The number of hydrogen-bond donors (Lipinski definition) is 0. The van der Waals surface area contributed by atoms with Gasteiger partial charge in [0.05, 0.1) is 19.8 Å². The Morgan fingerprint density at radius 2 is 1.48 bits per heavy atom. The quantitative estimate of drug-likeness (QED) is 0.292. The molecule has 0 saturated carbocycles. The molecule has 126 valence electrons. The zero-order chi connectivity index (χ0) is 16.1. The van der Waals surface area contributed by atoms with Gasteiger partial charge in [0.1, 0.15) is 0 Å². The van der Waals surface area contributed by atoms with Crippen molar-refractivity contribution in [1.82, 2.24) is 0 Å². The van der Waals surface area contributed by atoms with Gasteiger partial charge >= 0.3 is 13.6 Å². The molecule has 21 heavy (non-hydrogen) atoms. The molecule has 0 aromatic heterocycles. The van der Waals surface area contributed by atoms with Gasteiger partial charge in [0, 0.05) is 6.61 Å². The van der Waals surface area contributed by atoms with Crippen LogP contribution in [0.2, 0.25) is 0 Å². The third-order valence-corrected chi connectivity index (χ3v) is 4.79. The molecule has 1 atom stereocenters. The van der Waals surface area contributed by atoms with Gasteiger partial charge in [-0.2, -0.15) is 0 Å². The van der Waals surface area contributed by atoms with Crippen LogP contribution in [0, 0.1) is 0 Å². The van der Waals surface area contributed by atoms with Crippen LogP contribution in [-0.2, 0) is 27.9 Å². The van der Waals surface area contributed by atoms with E-state index in [0.29, 0.717) is 6.61 Å². The molecule has 0 saturated heterocycles. The summed E-state index contributed by atoms with van der Waals surface area (Å²) in [5.41, 5.74) is 0. The van der Waals surface area contributed by atoms with Crippen LogP contribution in [-0.4, -0.2) is 38.2 Å². The molecule has 0 heterocycles. The van der Waals surface area contributed by atoms with Gasteiger partial charge < -0.3 is 18.5 Å². The molecule has 7 heteroatoms. The summed E-state index contributed by atoms with van der Waals surface area (Å²) >= 11 is 0. The standard InChI is InChI=1S/C14H29O6P/c1-5-9-11-17-13(15)14(18-12-10-6-2)21(16,19-7-3)20-8-4/h14H,5-12H2,1-4H3. The van der Waals surface area contributed by atoms with Crippen molar-refractivity contribution >= 4 is 13.6 Å². The Hall–Kier alpha value is -0.420. The van der Waals surface area contributed by atoms with E-state index in [0.717, 1.165) is 25.7 Å². The van der Waals surface area contributed by atoms with Crippen LogP contribution in [0.3, 0.4) is 0 Å². The van der Waals surface area contributed by atoms with E-state index < -0.39 is 19.4 Å². The summed E-state index contributed by atoms with van der Waals surface area (Å²) in [5, 5.41) is 0. The van der Waals surface area contributed by atoms with Gasteiger partial charge in [-0.05, 0) is 26.7 Å². The number of hydrogen-bond acceptors (Lipinski definition) is 6. The van der Waals surface area contributed by atoms with Gasteiger partial charge in [0.25, 0.3) is 5.85 Å². The molecule has 0 aliphatic carbocycles. The normalized spacial score (nSPS) is 13.1. The molecule has 0 aliphatic rings. The highest BCUT2D eigenvalue weighted by Gasteiger charge is 2.43. The smallest absolute Gasteiger partial charge is 0.370 e. The summed E-state index contributed by atoms with van der Waals surface area (Å²) in [6.07, 6.45) is 3.33. The van der Waals surface area contributed by atoms with E-state index in [2.05, 4.69) is 0 Å². The topological polar surface area (TPSA) is 71.1 Å². The van der Waals surface area contributed by atoms with Crippen LogP contribution in [0.25, 0.3) is 0 Å². The van der Waals surface area contributed by atoms with Crippen molar-refractivity contribution in [3.05, 3.63) is 0 Å². The lowest BCUT2D eigenvalue weighted by molar-refractivity contribution is -0.153. The molecule has 0 spiro atoms. The van der Waals surface area contributed by atoms with Crippen LogP contribution in [0.1, 0.15) is 53.4 Å². The van der Waals surface area contributed by atoms with Gasteiger partial charge in [0.2, 0.25) is 0 Å². The summed E-state index contributed by atoms with van der Waals surface area (Å²) in [6.45, 7) is 8.32. The van der Waals surface area contributed by atoms with Crippen molar-refractivity contribution in [2.24, 2.45) is 0 Å². The van der Waals surface area contributed by atoms with Crippen LogP contribution >= 0.6 is 7.60 Å². The minimum atomic E-state index is -3.67. The lowest BCUT2D eigenvalue weighted by atomic mass is 10.4. The minimum Gasteiger partial charge on any atom is -0.463 e. The molecule has 0 aromatic carbocycles. The van der Waals surface area contributed by atoms with E-state index >= 15 is 0 Å². The molecule has 1 unspecified atom stereocenters. The Bertz CT molecular complexity index is 311. The maximum atomic E-state index is 12.7. The van der Waals surface area contributed by atoms with Crippen LogP contribution < -0.4 is 0 Å². The van der Waals surface area contributed by atoms with Crippen molar-refractivity contribution in [2.75, 3.05) is 26.4 Å². The van der Waals surface area contributed by atoms with Crippen LogP contribution in [0.5, 0.6) is 0 Å². The average molecular weight is 324 g/mol. The molecule has 0 radical (unpaired) electrons. The Morgan fingerprint density at radius 3 is 1.95 bits per heavy atom.